The zero-order chi connectivity index (χ0) is 20.8. The highest BCUT2D eigenvalue weighted by Gasteiger charge is 2.21. The second-order valence-electron chi connectivity index (χ2n) is 7.00. The summed E-state index contributed by atoms with van der Waals surface area (Å²) < 4.78 is 5.30. The molecule has 30 heavy (non-hydrogen) atoms. The van der Waals surface area contributed by atoms with Crippen LogP contribution in [0.5, 0.6) is 0 Å². The predicted octanol–water partition coefficient (Wildman–Crippen LogP) is 2.10. The molecule has 3 N–H and O–H groups in total. The van der Waals surface area contributed by atoms with Gasteiger partial charge < -0.3 is 20.0 Å². The standard InChI is InChI=1S/C21H25N7O2/c1-22-21(23-11-10-18-25-20(27-26-18)17-4-3-13-30-17)24-14-15-6-8-16(9-7-15)28-12-2-5-19(28)29/h3-4,6-9,13H,2,5,10-12,14H2,1H3,(H2,22,23,24)(H,25,26,27). The average Bonchev–Trinajstić information content (AvgIpc) is 3.52. The van der Waals surface area contributed by atoms with E-state index in [2.05, 4.69) is 30.8 Å². The molecule has 0 bridgehead atoms. The minimum atomic E-state index is 0.202. The molecule has 1 aromatic carbocycles. The first-order valence-electron chi connectivity index (χ1n) is 10.0. The summed E-state index contributed by atoms with van der Waals surface area (Å²) >= 11 is 0. The van der Waals surface area contributed by atoms with Crippen LogP contribution in [0.1, 0.15) is 24.2 Å². The second kappa shape index (κ2) is 9.25. The third kappa shape index (κ3) is 4.68. The van der Waals surface area contributed by atoms with Gasteiger partial charge in [0.15, 0.2) is 11.7 Å². The van der Waals surface area contributed by atoms with E-state index in [1.54, 1.807) is 13.3 Å². The number of hydrogen-bond acceptors (Lipinski definition) is 5. The maximum atomic E-state index is 11.9. The molecule has 0 unspecified atom stereocenters. The molecular formula is C21H25N7O2. The van der Waals surface area contributed by atoms with Crippen molar-refractivity contribution >= 4 is 17.6 Å². The minimum Gasteiger partial charge on any atom is -0.461 e. The molecule has 0 aliphatic carbocycles. The topological polar surface area (TPSA) is 111 Å². The van der Waals surface area contributed by atoms with Gasteiger partial charge in [-0.15, -0.1) is 0 Å². The third-order valence-electron chi connectivity index (χ3n) is 4.93. The predicted molar refractivity (Wildman–Crippen MR) is 114 cm³/mol. The molecule has 0 saturated carbocycles. The Morgan fingerprint density at radius 3 is 2.83 bits per heavy atom. The fraction of sp³-hybridized carbons (Fsp3) is 0.333. The summed E-state index contributed by atoms with van der Waals surface area (Å²) in [4.78, 5) is 22.4. The van der Waals surface area contributed by atoms with E-state index in [1.165, 1.54) is 0 Å². The van der Waals surface area contributed by atoms with E-state index < -0.39 is 0 Å². The van der Waals surface area contributed by atoms with E-state index >= 15 is 0 Å². The summed E-state index contributed by atoms with van der Waals surface area (Å²) in [6.07, 6.45) is 3.85. The molecule has 1 aliphatic rings. The van der Waals surface area contributed by atoms with Crippen molar-refractivity contribution in [1.29, 1.82) is 0 Å². The molecule has 4 rings (SSSR count). The highest BCUT2D eigenvalue weighted by molar-refractivity contribution is 5.95. The normalized spacial score (nSPS) is 14.4. The Morgan fingerprint density at radius 1 is 1.27 bits per heavy atom. The van der Waals surface area contributed by atoms with Crippen molar-refractivity contribution in [2.45, 2.75) is 25.8 Å². The number of nitrogens with one attached hydrogen (secondary N) is 3. The summed E-state index contributed by atoms with van der Waals surface area (Å²) in [6.45, 7) is 2.10. The van der Waals surface area contributed by atoms with Crippen molar-refractivity contribution in [3.8, 4) is 11.6 Å². The van der Waals surface area contributed by atoms with E-state index in [1.807, 2.05) is 41.3 Å². The van der Waals surface area contributed by atoms with Crippen molar-refractivity contribution in [3.63, 3.8) is 0 Å². The number of hydrogen-bond donors (Lipinski definition) is 3. The maximum Gasteiger partial charge on any atom is 0.227 e. The molecule has 0 radical (unpaired) electrons. The molecule has 9 nitrogen and oxygen atoms in total. The van der Waals surface area contributed by atoms with Gasteiger partial charge in [-0.1, -0.05) is 12.1 Å². The number of anilines is 1. The molecular weight excluding hydrogens is 382 g/mol. The van der Waals surface area contributed by atoms with Crippen LogP contribution in [0.25, 0.3) is 11.6 Å². The van der Waals surface area contributed by atoms with Gasteiger partial charge in [0.1, 0.15) is 5.82 Å². The highest BCUT2D eigenvalue weighted by atomic mass is 16.3. The van der Waals surface area contributed by atoms with E-state index in [-0.39, 0.29) is 5.91 Å². The van der Waals surface area contributed by atoms with Crippen LogP contribution in [-0.2, 0) is 17.8 Å². The lowest BCUT2D eigenvalue weighted by Crippen LogP contribution is -2.38. The first kappa shape index (κ1) is 19.7. The van der Waals surface area contributed by atoms with Gasteiger partial charge in [0.25, 0.3) is 0 Å². The molecule has 0 spiro atoms. The van der Waals surface area contributed by atoms with Crippen LogP contribution < -0.4 is 15.5 Å². The monoisotopic (exact) mass is 407 g/mol. The number of H-pyrrole nitrogens is 1. The van der Waals surface area contributed by atoms with E-state index in [0.29, 0.717) is 43.5 Å². The first-order valence-corrected chi connectivity index (χ1v) is 10.0. The van der Waals surface area contributed by atoms with E-state index in [0.717, 1.165) is 30.0 Å². The number of guanidine groups is 1. The summed E-state index contributed by atoms with van der Waals surface area (Å²) in [5.74, 6) is 2.88. The number of rotatable bonds is 7. The summed E-state index contributed by atoms with van der Waals surface area (Å²) in [7, 11) is 1.74. The second-order valence-corrected chi connectivity index (χ2v) is 7.00. The molecule has 156 valence electrons. The van der Waals surface area contributed by atoms with Crippen molar-refractivity contribution in [2.75, 3.05) is 25.0 Å². The maximum absolute atomic E-state index is 11.9. The largest absolute Gasteiger partial charge is 0.461 e. The van der Waals surface area contributed by atoms with Crippen molar-refractivity contribution in [1.82, 2.24) is 25.8 Å². The highest BCUT2D eigenvalue weighted by Crippen LogP contribution is 2.21. The zero-order valence-electron chi connectivity index (χ0n) is 16.9. The van der Waals surface area contributed by atoms with Gasteiger partial charge in [-0.2, -0.15) is 5.10 Å². The lowest BCUT2D eigenvalue weighted by molar-refractivity contribution is -0.117. The van der Waals surface area contributed by atoms with Crippen molar-refractivity contribution in [3.05, 3.63) is 54.0 Å². The van der Waals surface area contributed by atoms with Gasteiger partial charge in [-0.05, 0) is 36.2 Å². The number of furan rings is 1. The molecule has 0 atom stereocenters. The van der Waals surface area contributed by atoms with Crippen LogP contribution in [0, 0.1) is 0 Å². The fourth-order valence-electron chi connectivity index (χ4n) is 3.34. The summed E-state index contributed by atoms with van der Waals surface area (Å²) in [5, 5.41) is 13.7. The van der Waals surface area contributed by atoms with Crippen LogP contribution in [0.15, 0.2) is 52.1 Å². The molecule has 1 aliphatic heterocycles. The molecule has 3 heterocycles. The Labute approximate surface area is 174 Å². The van der Waals surface area contributed by atoms with Crippen LogP contribution in [0.2, 0.25) is 0 Å². The van der Waals surface area contributed by atoms with Crippen LogP contribution >= 0.6 is 0 Å². The molecule has 2 aromatic heterocycles. The van der Waals surface area contributed by atoms with Gasteiger partial charge in [0.05, 0.1) is 6.26 Å². The smallest absolute Gasteiger partial charge is 0.227 e. The Balaban J connectivity index is 1.23. The Morgan fingerprint density at radius 2 is 2.13 bits per heavy atom. The lowest BCUT2D eigenvalue weighted by Gasteiger charge is -2.16. The average molecular weight is 407 g/mol. The molecule has 3 aromatic rings. The van der Waals surface area contributed by atoms with Gasteiger partial charge in [-0.25, -0.2) is 4.98 Å². The van der Waals surface area contributed by atoms with Gasteiger partial charge in [0.2, 0.25) is 11.7 Å². The fourth-order valence-corrected chi connectivity index (χ4v) is 3.34. The number of amides is 1. The quantitative estimate of drug-likeness (QED) is 0.409. The molecule has 1 saturated heterocycles. The molecule has 1 fully saturated rings. The number of nitrogens with zero attached hydrogens (tertiary/aromatic N) is 4. The Bertz CT molecular complexity index is 993. The van der Waals surface area contributed by atoms with Gasteiger partial charge in [-0.3, -0.25) is 14.9 Å². The van der Waals surface area contributed by atoms with Crippen LogP contribution in [-0.4, -0.2) is 47.2 Å². The zero-order valence-corrected chi connectivity index (χ0v) is 16.9. The van der Waals surface area contributed by atoms with Crippen molar-refractivity contribution in [2.24, 2.45) is 4.99 Å². The molecule has 1 amide bonds. The Hall–Kier alpha value is -3.62. The van der Waals surface area contributed by atoms with E-state index in [9.17, 15) is 4.79 Å². The SMILES string of the molecule is CN=C(NCCc1nc(-c2ccco2)n[nH]1)NCc1ccc(N2CCCC2=O)cc1. The first-order chi connectivity index (χ1) is 14.7. The van der Waals surface area contributed by atoms with Crippen molar-refractivity contribution < 1.29 is 9.21 Å². The molecule has 9 heteroatoms. The lowest BCUT2D eigenvalue weighted by atomic mass is 10.2. The van der Waals surface area contributed by atoms with Gasteiger partial charge in [0, 0.05) is 45.2 Å². The van der Waals surface area contributed by atoms with Crippen LogP contribution in [0.4, 0.5) is 5.69 Å². The summed E-state index contributed by atoms with van der Waals surface area (Å²) in [6, 6.07) is 11.7. The minimum absolute atomic E-state index is 0.202. The number of benzene rings is 1. The van der Waals surface area contributed by atoms with Gasteiger partial charge >= 0.3 is 0 Å². The van der Waals surface area contributed by atoms with E-state index in [4.69, 9.17) is 4.42 Å². The van der Waals surface area contributed by atoms with Crippen LogP contribution in [0.3, 0.4) is 0 Å². The Kier molecular flexibility index (Phi) is 6.07. The third-order valence-corrected chi connectivity index (χ3v) is 4.93. The number of aliphatic imine (C=N–C) groups is 1. The number of carbonyl (C=O) groups is 1. The number of carbonyl (C=O) groups excluding carboxylic acids is 1. The summed E-state index contributed by atoms with van der Waals surface area (Å²) in [5.41, 5.74) is 2.08. The number of aromatic amines is 1. The number of aromatic nitrogens is 3.